The van der Waals surface area contributed by atoms with Crippen molar-refractivity contribution >= 4 is 50.3 Å². The molecule has 2 aromatic carbocycles. The van der Waals surface area contributed by atoms with E-state index in [1.165, 1.54) is 4.90 Å². The molecule has 0 saturated carbocycles. The summed E-state index contributed by atoms with van der Waals surface area (Å²) in [5.74, 6) is -2.03. The number of likely N-dealkylation sites (tertiary alicyclic amines) is 1. The number of nitrogens with one attached hydrogen (secondary N) is 2. The number of nitrogens with two attached hydrogens (primary N) is 1. The van der Waals surface area contributed by atoms with Crippen LogP contribution in [-0.4, -0.2) is 78.8 Å². The molecule has 0 aromatic heterocycles. The van der Waals surface area contributed by atoms with Gasteiger partial charge in [0.15, 0.2) is 0 Å². The van der Waals surface area contributed by atoms with Gasteiger partial charge in [-0.05, 0) is 35.6 Å². The number of hydrogen-bond donors (Lipinski definition) is 4. The van der Waals surface area contributed by atoms with E-state index in [0.29, 0.717) is 19.3 Å². The standard InChI is InChI=1S/C24H32N4O6S2/c1-36(33,34)27-20(14-35-15-29)24(32)28-11-5-4-8-21(28)23(31)26-19(22(25)30)13-16-9-10-17-6-2-3-7-18(17)12-16/h2-3,6-7,9-10,12,19-21,27,29H,4-5,8,11,13-15H2,1H3,(H2,25,30)(H,26,31)/t19-,20-,21-/m0/s1. The molecular formula is C24H32N4O6S2. The lowest BCUT2D eigenvalue weighted by Crippen LogP contribution is -2.60. The van der Waals surface area contributed by atoms with Crippen molar-refractivity contribution < 1.29 is 27.9 Å². The number of fused-ring (bicyclic) bond motifs is 1. The molecule has 10 nitrogen and oxygen atoms in total. The van der Waals surface area contributed by atoms with E-state index < -0.39 is 45.9 Å². The summed E-state index contributed by atoms with van der Waals surface area (Å²) in [5.41, 5.74) is 6.43. The van der Waals surface area contributed by atoms with E-state index in [0.717, 1.165) is 34.4 Å². The van der Waals surface area contributed by atoms with E-state index in [1.54, 1.807) is 0 Å². The molecule has 5 N–H and O–H groups in total. The van der Waals surface area contributed by atoms with Crippen LogP contribution in [0.4, 0.5) is 0 Å². The van der Waals surface area contributed by atoms with Gasteiger partial charge in [-0.25, -0.2) is 13.1 Å². The Labute approximate surface area is 215 Å². The fourth-order valence-corrected chi connectivity index (χ4v) is 5.72. The van der Waals surface area contributed by atoms with E-state index in [-0.39, 0.29) is 24.7 Å². The Morgan fingerprint density at radius 1 is 1.14 bits per heavy atom. The molecule has 1 aliphatic rings. The first-order valence-corrected chi connectivity index (χ1v) is 14.7. The van der Waals surface area contributed by atoms with E-state index in [1.807, 2.05) is 42.5 Å². The Balaban J connectivity index is 1.75. The van der Waals surface area contributed by atoms with Crippen LogP contribution in [0.3, 0.4) is 0 Å². The van der Waals surface area contributed by atoms with Crippen molar-refractivity contribution in [2.45, 2.75) is 43.8 Å². The molecule has 1 heterocycles. The average Bonchev–Trinajstić information content (AvgIpc) is 2.84. The lowest BCUT2D eigenvalue weighted by atomic mass is 9.98. The third-order valence-electron chi connectivity index (χ3n) is 6.03. The van der Waals surface area contributed by atoms with Gasteiger partial charge < -0.3 is 21.1 Å². The zero-order valence-electron chi connectivity index (χ0n) is 20.1. The van der Waals surface area contributed by atoms with Gasteiger partial charge in [0.1, 0.15) is 18.1 Å². The van der Waals surface area contributed by atoms with Crippen LogP contribution in [0.1, 0.15) is 24.8 Å². The van der Waals surface area contributed by atoms with Gasteiger partial charge in [-0.15, -0.1) is 11.8 Å². The van der Waals surface area contributed by atoms with Gasteiger partial charge in [-0.2, -0.15) is 0 Å². The molecule has 0 radical (unpaired) electrons. The number of aliphatic hydroxyl groups is 1. The van der Waals surface area contributed by atoms with Crippen LogP contribution >= 0.6 is 11.8 Å². The number of sulfonamides is 1. The van der Waals surface area contributed by atoms with Crippen LogP contribution in [0.15, 0.2) is 42.5 Å². The van der Waals surface area contributed by atoms with Crippen LogP contribution in [0.5, 0.6) is 0 Å². The number of piperidine rings is 1. The molecule has 3 amide bonds. The monoisotopic (exact) mass is 536 g/mol. The first-order chi connectivity index (χ1) is 17.1. The molecule has 3 rings (SSSR count). The number of thioether (sulfide) groups is 1. The number of carbonyl (C=O) groups is 3. The van der Waals surface area contributed by atoms with E-state index >= 15 is 0 Å². The molecule has 0 unspecified atom stereocenters. The van der Waals surface area contributed by atoms with Crippen LogP contribution in [0.25, 0.3) is 10.8 Å². The van der Waals surface area contributed by atoms with Crippen LogP contribution in [0.2, 0.25) is 0 Å². The lowest BCUT2D eigenvalue weighted by Gasteiger charge is -2.37. The predicted octanol–water partition coefficient (Wildman–Crippen LogP) is 0.334. The first kappa shape index (κ1) is 27.9. The molecule has 1 fully saturated rings. The summed E-state index contributed by atoms with van der Waals surface area (Å²) in [5, 5.41) is 13.9. The molecule has 0 spiro atoms. The summed E-state index contributed by atoms with van der Waals surface area (Å²) < 4.78 is 25.9. The molecule has 12 heteroatoms. The molecule has 36 heavy (non-hydrogen) atoms. The highest BCUT2D eigenvalue weighted by molar-refractivity contribution is 7.99. The smallest absolute Gasteiger partial charge is 0.243 e. The number of nitrogens with zero attached hydrogens (tertiary/aromatic N) is 1. The molecule has 1 aliphatic heterocycles. The Morgan fingerprint density at radius 2 is 1.86 bits per heavy atom. The van der Waals surface area contributed by atoms with Gasteiger partial charge in [0.2, 0.25) is 27.7 Å². The number of rotatable bonds is 11. The highest BCUT2D eigenvalue weighted by Crippen LogP contribution is 2.21. The SMILES string of the molecule is CS(=O)(=O)N[C@@H](CSCO)C(=O)N1CCCC[C@H]1C(=O)N[C@@H](Cc1ccc2ccccc2c1)C(N)=O. The predicted molar refractivity (Wildman–Crippen MR) is 139 cm³/mol. The van der Waals surface area contributed by atoms with Gasteiger partial charge in [-0.3, -0.25) is 14.4 Å². The number of primary amides is 1. The summed E-state index contributed by atoms with van der Waals surface area (Å²) in [6, 6.07) is 10.6. The molecule has 1 saturated heterocycles. The number of benzene rings is 2. The largest absolute Gasteiger partial charge is 0.386 e. The average molecular weight is 537 g/mol. The summed E-state index contributed by atoms with van der Waals surface area (Å²) in [7, 11) is -3.71. The molecule has 196 valence electrons. The van der Waals surface area contributed by atoms with E-state index in [2.05, 4.69) is 10.0 Å². The topological polar surface area (TPSA) is 159 Å². The molecule has 3 atom stereocenters. The molecule has 0 bridgehead atoms. The van der Waals surface area contributed by atoms with Crippen LogP contribution in [-0.2, 0) is 30.8 Å². The van der Waals surface area contributed by atoms with Crippen molar-refractivity contribution in [3.05, 3.63) is 48.0 Å². The summed E-state index contributed by atoms with van der Waals surface area (Å²) in [6.07, 6.45) is 2.87. The van der Waals surface area contributed by atoms with Gasteiger partial charge in [0, 0.05) is 18.7 Å². The third-order valence-corrected chi connectivity index (χ3v) is 7.50. The molecule has 0 aliphatic carbocycles. The first-order valence-electron chi connectivity index (χ1n) is 11.6. The minimum absolute atomic E-state index is 0.0130. The van der Waals surface area contributed by atoms with Gasteiger partial charge in [-0.1, -0.05) is 42.5 Å². The maximum absolute atomic E-state index is 13.3. The normalized spacial score (nSPS) is 17.9. The minimum Gasteiger partial charge on any atom is -0.386 e. The van der Waals surface area contributed by atoms with E-state index in [4.69, 9.17) is 10.8 Å². The van der Waals surface area contributed by atoms with Crippen molar-refractivity contribution in [3.63, 3.8) is 0 Å². The Hall–Kier alpha value is -2.67. The van der Waals surface area contributed by atoms with Gasteiger partial charge >= 0.3 is 0 Å². The third kappa shape index (κ3) is 7.66. The van der Waals surface area contributed by atoms with Crippen molar-refractivity contribution in [1.29, 1.82) is 0 Å². The maximum Gasteiger partial charge on any atom is 0.243 e. The highest BCUT2D eigenvalue weighted by atomic mass is 32.2. The van der Waals surface area contributed by atoms with Gasteiger partial charge in [0.25, 0.3) is 0 Å². The number of amides is 3. The second kappa shape index (κ2) is 12.5. The number of carbonyl (C=O) groups excluding carboxylic acids is 3. The maximum atomic E-state index is 13.3. The molecule has 2 aromatic rings. The second-order valence-corrected chi connectivity index (χ2v) is 11.6. The van der Waals surface area contributed by atoms with E-state index in [9.17, 15) is 22.8 Å². The Kier molecular flexibility index (Phi) is 9.71. The van der Waals surface area contributed by atoms with Crippen molar-refractivity contribution in [1.82, 2.24) is 14.9 Å². The highest BCUT2D eigenvalue weighted by Gasteiger charge is 2.37. The summed E-state index contributed by atoms with van der Waals surface area (Å²) >= 11 is 0.995. The fraction of sp³-hybridized carbons (Fsp3) is 0.458. The summed E-state index contributed by atoms with van der Waals surface area (Å²) in [6.45, 7) is 0.272. The van der Waals surface area contributed by atoms with Crippen LogP contribution < -0.4 is 15.8 Å². The van der Waals surface area contributed by atoms with Gasteiger partial charge in [0.05, 0.1) is 12.2 Å². The summed E-state index contributed by atoms with van der Waals surface area (Å²) in [4.78, 5) is 40.1. The zero-order chi connectivity index (χ0) is 26.3. The lowest BCUT2D eigenvalue weighted by molar-refractivity contribution is -0.143. The van der Waals surface area contributed by atoms with Crippen LogP contribution in [0, 0.1) is 0 Å². The fourth-order valence-electron chi connectivity index (χ4n) is 4.34. The Bertz CT molecular complexity index is 1210. The second-order valence-electron chi connectivity index (χ2n) is 8.83. The number of hydrogen-bond acceptors (Lipinski definition) is 7. The minimum atomic E-state index is -3.71. The Morgan fingerprint density at radius 3 is 2.53 bits per heavy atom. The van der Waals surface area contributed by atoms with Crippen molar-refractivity contribution in [3.8, 4) is 0 Å². The number of aliphatic hydroxyl groups excluding tert-OH is 1. The quantitative estimate of drug-likeness (QED) is 0.301. The van der Waals surface area contributed by atoms with Crippen molar-refractivity contribution in [2.24, 2.45) is 5.73 Å². The molecular weight excluding hydrogens is 504 g/mol. The zero-order valence-corrected chi connectivity index (χ0v) is 21.7. The van der Waals surface area contributed by atoms with Crippen molar-refractivity contribution in [2.75, 3.05) is 24.5 Å².